The molecule has 2 aromatic carbocycles. The Labute approximate surface area is 180 Å². The summed E-state index contributed by atoms with van der Waals surface area (Å²) in [6, 6.07) is 20.2. The van der Waals surface area contributed by atoms with Gasteiger partial charge in [0.15, 0.2) is 5.75 Å². The predicted molar refractivity (Wildman–Crippen MR) is 117 cm³/mol. The maximum atomic E-state index is 12.5. The third-order valence-electron chi connectivity index (χ3n) is 4.24. The zero-order chi connectivity index (χ0) is 21.3. The second kappa shape index (κ2) is 10.4. The monoisotopic (exact) mass is 423 g/mol. The van der Waals surface area contributed by atoms with Crippen molar-refractivity contribution in [2.75, 3.05) is 5.32 Å². The van der Waals surface area contributed by atoms with E-state index in [0.29, 0.717) is 29.5 Å². The van der Waals surface area contributed by atoms with Gasteiger partial charge in [-0.1, -0.05) is 54.1 Å². The van der Waals surface area contributed by atoms with Gasteiger partial charge in [-0.05, 0) is 43.7 Å². The van der Waals surface area contributed by atoms with Gasteiger partial charge in [-0.25, -0.2) is 4.98 Å². The third kappa shape index (κ3) is 5.83. The molecule has 2 N–H and O–H groups in total. The summed E-state index contributed by atoms with van der Waals surface area (Å²) in [4.78, 5) is 22.0. The number of hydrogen-bond donors (Lipinski definition) is 2. The largest absolute Gasteiger partial charge is 0.458 e. The van der Waals surface area contributed by atoms with E-state index in [-0.39, 0.29) is 16.6 Å². The van der Waals surface area contributed by atoms with Crippen molar-refractivity contribution >= 4 is 23.2 Å². The molecule has 0 spiro atoms. The molecule has 0 bridgehead atoms. The lowest BCUT2D eigenvalue weighted by atomic mass is 10.2. The number of nitrogens with one attached hydrogen (secondary N) is 2. The van der Waals surface area contributed by atoms with Gasteiger partial charge in [-0.3, -0.25) is 15.1 Å². The first-order valence-corrected chi connectivity index (χ1v) is 9.70. The van der Waals surface area contributed by atoms with Crippen LogP contribution in [0.15, 0.2) is 84.4 Å². The topological polar surface area (TPSA) is 72.5 Å². The minimum atomic E-state index is -0.369. The normalized spacial score (nSPS) is 11.4. The van der Waals surface area contributed by atoms with Crippen molar-refractivity contribution in [3.8, 4) is 5.75 Å². The van der Waals surface area contributed by atoms with E-state index in [0.717, 1.165) is 5.56 Å². The molecule has 0 saturated heterocycles. The van der Waals surface area contributed by atoms with Crippen molar-refractivity contribution in [2.24, 2.45) is 0 Å². The predicted octanol–water partition coefficient (Wildman–Crippen LogP) is 5.34. The number of carbonyl (C=O) groups excluding carboxylic acids is 1. The number of rotatable bonds is 8. The highest BCUT2D eigenvalue weighted by atomic mass is 35.5. The Morgan fingerprint density at radius 1 is 1.00 bits per heavy atom. The number of aromatic nitrogens is 1. The van der Waals surface area contributed by atoms with Crippen LogP contribution in [0.2, 0.25) is 5.15 Å². The molecule has 30 heavy (non-hydrogen) atoms. The number of hydroxylamine groups is 1. The quantitative estimate of drug-likeness (QED) is 0.290. The van der Waals surface area contributed by atoms with Gasteiger partial charge < -0.3 is 10.1 Å². The summed E-state index contributed by atoms with van der Waals surface area (Å²) in [6.07, 6.45) is 1.53. The zero-order valence-corrected chi connectivity index (χ0v) is 17.4. The highest BCUT2D eigenvalue weighted by Crippen LogP contribution is 2.27. The Morgan fingerprint density at radius 3 is 2.50 bits per heavy atom. The van der Waals surface area contributed by atoms with Crippen LogP contribution in [-0.2, 0) is 11.4 Å². The summed E-state index contributed by atoms with van der Waals surface area (Å²) in [7, 11) is 0. The maximum Gasteiger partial charge on any atom is 0.258 e. The molecule has 3 rings (SSSR count). The third-order valence-corrected chi connectivity index (χ3v) is 4.54. The molecule has 0 radical (unpaired) electrons. The van der Waals surface area contributed by atoms with Crippen molar-refractivity contribution in [3.05, 3.63) is 101 Å². The van der Waals surface area contributed by atoms with Crippen LogP contribution in [0.25, 0.3) is 0 Å². The van der Waals surface area contributed by atoms with Crippen LogP contribution in [0.3, 0.4) is 0 Å². The van der Waals surface area contributed by atoms with Crippen LogP contribution in [-0.4, -0.2) is 10.9 Å². The van der Waals surface area contributed by atoms with E-state index in [9.17, 15) is 4.79 Å². The van der Waals surface area contributed by atoms with Crippen molar-refractivity contribution in [2.45, 2.75) is 20.5 Å². The van der Waals surface area contributed by atoms with E-state index < -0.39 is 0 Å². The first-order valence-electron chi connectivity index (χ1n) is 9.32. The Morgan fingerprint density at radius 2 is 1.73 bits per heavy atom. The van der Waals surface area contributed by atoms with Gasteiger partial charge in [0, 0.05) is 6.20 Å². The minimum Gasteiger partial charge on any atom is -0.458 e. The summed E-state index contributed by atoms with van der Waals surface area (Å²) < 4.78 is 5.95. The lowest BCUT2D eigenvalue weighted by Gasteiger charge is -2.15. The number of carbonyl (C=O) groups is 1. The fourth-order valence-electron chi connectivity index (χ4n) is 2.52. The molecule has 6 nitrogen and oxygen atoms in total. The number of amides is 1. The average Bonchev–Trinajstić information content (AvgIpc) is 2.76. The summed E-state index contributed by atoms with van der Waals surface area (Å²) in [6.45, 7) is 4.08. The van der Waals surface area contributed by atoms with Gasteiger partial charge in [-0.2, -0.15) is 0 Å². The fraction of sp³-hybridized carbons (Fsp3) is 0.130. The van der Waals surface area contributed by atoms with Crippen LogP contribution >= 0.6 is 11.6 Å². The molecule has 0 saturated carbocycles. The molecule has 0 aliphatic carbocycles. The number of nitrogens with zero attached hydrogens (tertiary/aromatic N) is 1. The van der Waals surface area contributed by atoms with Crippen LogP contribution in [0.4, 0.5) is 5.69 Å². The van der Waals surface area contributed by atoms with E-state index in [4.69, 9.17) is 21.2 Å². The Balaban J connectivity index is 1.65. The number of benzene rings is 2. The highest BCUT2D eigenvalue weighted by molar-refractivity contribution is 6.33. The molecule has 0 atom stereocenters. The first kappa shape index (κ1) is 21.4. The van der Waals surface area contributed by atoms with Crippen LogP contribution in [0, 0.1) is 0 Å². The molecular weight excluding hydrogens is 402 g/mol. The molecular formula is C23H22ClN3O3. The number of para-hydroxylation sites is 2. The van der Waals surface area contributed by atoms with E-state index in [1.165, 1.54) is 6.20 Å². The van der Waals surface area contributed by atoms with Crippen molar-refractivity contribution in [1.82, 2.24) is 10.5 Å². The highest BCUT2D eigenvalue weighted by Gasteiger charge is 2.14. The van der Waals surface area contributed by atoms with Crippen molar-refractivity contribution < 1.29 is 14.4 Å². The molecule has 0 aliphatic heterocycles. The van der Waals surface area contributed by atoms with Gasteiger partial charge >= 0.3 is 0 Å². The molecule has 1 aromatic heterocycles. The number of anilines is 1. The second-order valence-electron chi connectivity index (χ2n) is 6.45. The van der Waals surface area contributed by atoms with E-state index >= 15 is 0 Å². The summed E-state index contributed by atoms with van der Waals surface area (Å²) in [5.41, 5.74) is 5.45. The molecule has 7 heteroatoms. The number of halogens is 1. The summed E-state index contributed by atoms with van der Waals surface area (Å²) >= 11 is 6.01. The Hall–Kier alpha value is -3.35. The minimum absolute atomic E-state index is 0.139. The molecule has 1 amide bonds. The second-order valence-corrected chi connectivity index (χ2v) is 6.81. The van der Waals surface area contributed by atoms with Crippen molar-refractivity contribution in [3.63, 3.8) is 0 Å². The average molecular weight is 424 g/mol. The van der Waals surface area contributed by atoms with Crippen LogP contribution in [0.5, 0.6) is 5.75 Å². The number of allylic oxidation sites excluding steroid dienone is 2. The summed E-state index contributed by atoms with van der Waals surface area (Å²) in [5, 5.41) is 2.95. The molecule has 1 heterocycles. The van der Waals surface area contributed by atoms with Crippen molar-refractivity contribution in [1.29, 1.82) is 0 Å². The maximum absolute atomic E-state index is 12.5. The van der Waals surface area contributed by atoms with Gasteiger partial charge in [0.1, 0.15) is 10.9 Å². The number of hydrogen-bond acceptors (Lipinski definition) is 5. The standard InChI is InChI=1S/C23H22ClN3O3/c1-16(27-29-15-18-9-4-3-5-10-18)17(2)30-21-13-7-6-12-20(21)26-23(28)19-11-8-14-25-22(19)24/h3-14,27H,15H2,1-2H3,(H,26,28). The Bertz CT molecular complexity index is 1040. The summed E-state index contributed by atoms with van der Waals surface area (Å²) in [5.74, 6) is 0.726. The van der Waals surface area contributed by atoms with E-state index in [1.807, 2.05) is 50.2 Å². The SMILES string of the molecule is CC(NOCc1ccccc1)=C(C)Oc1ccccc1NC(=O)c1cccnc1Cl. The molecule has 0 fully saturated rings. The fourth-order valence-corrected chi connectivity index (χ4v) is 2.72. The van der Waals surface area contributed by atoms with Gasteiger partial charge in [0.25, 0.3) is 5.91 Å². The molecule has 3 aromatic rings. The smallest absolute Gasteiger partial charge is 0.258 e. The number of pyridine rings is 1. The van der Waals surface area contributed by atoms with Crippen LogP contribution in [0.1, 0.15) is 29.8 Å². The Kier molecular flexibility index (Phi) is 7.43. The van der Waals surface area contributed by atoms with Gasteiger partial charge in [0.2, 0.25) is 0 Å². The lowest BCUT2D eigenvalue weighted by molar-refractivity contribution is 0.0467. The first-order chi connectivity index (χ1) is 14.5. The van der Waals surface area contributed by atoms with Gasteiger partial charge in [-0.15, -0.1) is 0 Å². The molecule has 0 unspecified atom stereocenters. The van der Waals surface area contributed by atoms with E-state index in [2.05, 4.69) is 15.8 Å². The molecule has 0 aliphatic rings. The lowest BCUT2D eigenvalue weighted by Crippen LogP contribution is -2.16. The zero-order valence-electron chi connectivity index (χ0n) is 16.7. The van der Waals surface area contributed by atoms with Crippen LogP contribution < -0.4 is 15.5 Å². The van der Waals surface area contributed by atoms with E-state index in [1.54, 1.807) is 30.3 Å². The number of ether oxygens (including phenoxy) is 1. The van der Waals surface area contributed by atoms with Gasteiger partial charge in [0.05, 0.1) is 23.6 Å². The molecule has 154 valence electrons.